The van der Waals surface area contributed by atoms with E-state index in [2.05, 4.69) is 10.6 Å². The van der Waals surface area contributed by atoms with Gasteiger partial charge in [-0.05, 0) is 45.4 Å². The van der Waals surface area contributed by atoms with Crippen molar-refractivity contribution in [2.24, 2.45) is 0 Å². The van der Waals surface area contributed by atoms with Gasteiger partial charge in [0.05, 0.1) is 12.1 Å². The molecule has 1 aromatic carbocycles. The number of likely N-dealkylation sites (tertiary alicyclic amines) is 1. The van der Waals surface area contributed by atoms with Gasteiger partial charge in [0.15, 0.2) is 0 Å². The lowest BCUT2D eigenvalue weighted by molar-refractivity contribution is -0.117. The summed E-state index contributed by atoms with van der Waals surface area (Å²) in [5.74, 6) is -0.273. The molecule has 3 amide bonds. The van der Waals surface area contributed by atoms with Crippen LogP contribution in [0.25, 0.3) is 0 Å². The summed E-state index contributed by atoms with van der Waals surface area (Å²) in [5.41, 5.74) is 0.614. The van der Waals surface area contributed by atoms with Crippen LogP contribution >= 0.6 is 0 Å². The van der Waals surface area contributed by atoms with Gasteiger partial charge < -0.3 is 25.2 Å². The third-order valence-corrected chi connectivity index (χ3v) is 5.02. The molecule has 2 saturated heterocycles. The highest BCUT2D eigenvalue weighted by Crippen LogP contribution is 2.25. The van der Waals surface area contributed by atoms with Gasteiger partial charge in [-0.1, -0.05) is 6.07 Å². The summed E-state index contributed by atoms with van der Waals surface area (Å²) in [6.07, 6.45) is 0.286. The Morgan fingerprint density at radius 3 is 2.55 bits per heavy atom. The molecular formula is C21H30N4O4. The first-order valence-electron chi connectivity index (χ1n) is 10.0. The van der Waals surface area contributed by atoms with E-state index >= 15 is 0 Å². The number of anilines is 1. The Labute approximate surface area is 171 Å². The second-order valence-corrected chi connectivity index (χ2v) is 8.64. The van der Waals surface area contributed by atoms with Crippen LogP contribution in [-0.4, -0.2) is 66.7 Å². The van der Waals surface area contributed by atoms with E-state index in [-0.39, 0.29) is 30.0 Å². The van der Waals surface area contributed by atoms with Crippen molar-refractivity contribution in [3.8, 4) is 0 Å². The van der Waals surface area contributed by atoms with Gasteiger partial charge in [0.25, 0.3) is 5.91 Å². The third kappa shape index (κ3) is 5.26. The molecule has 2 N–H and O–H groups in total. The Bertz CT molecular complexity index is 785. The molecule has 1 aromatic rings. The number of nitrogens with zero attached hydrogens (tertiary/aromatic N) is 2. The summed E-state index contributed by atoms with van der Waals surface area (Å²) < 4.78 is 5.45. The molecule has 8 heteroatoms. The Morgan fingerprint density at radius 2 is 1.97 bits per heavy atom. The van der Waals surface area contributed by atoms with E-state index in [0.717, 1.165) is 13.1 Å². The molecule has 0 bridgehead atoms. The standard InChI is InChI=1S/C21H30N4O4/c1-14(26)25(18-8-9-24(13-18)20(28)29-21(2,3)4)17-7-5-6-15(10-17)19(27)23-16-11-22-12-16/h5-7,10,16,18,22H,8-9,11-13H2,1-4H3,(H,23,27)/t18-/m1/s1. The second kappa shape index (κ2) is 8.41. The monoisotopic (exact) mass is 402 g/mol. The SMILES string of the molecule is CC(=O)N(c1cccc(C(=O)NC2CNC2)c1)[C@@H]1CCN(C(=O)OC(C)(C)C)C1. The van der Waals surface area contributed by atoms with E-state index in [9.17, 15) is 14.4 Å². The average molecular weight is 402 g/mol. The van der Waals surface area contributed by atoms with Gasteiger partial charge in [-0.2, -0.15) is 0 Å². The highest BCUT2D eigenvalue weighted by Gasteiger charge is 2.34. The normalized spacial score (nSPS) is 19.4. The predicted octanol–water partition coefficient (Wildman–Crippen LogP) is 1.75. The summed E-state index contributed by atoms with van der Waals surface area (Å²) >= 11 is 0. The molecule has 1 atom stereocenters. The Kier molecular flexibility index (Phi) is 6.12. The first-order chi connectivity index (χ1) is 13.6. The number of hydrogen-bond donors (Lipinski definition) is 2. The number of benzene rings is 1. The molecular weight excluding hydrogens is 372 g/mol. The number of ether oxygens (including phenoxy) is 1. The molecule has 2 fully saturated rings. The Balaban J connectivity index is 1.71. The van der Waals surface area contributed by atoms with Gasteiger partial charge in [0.2, 0.25) is 5.91 Å². The lowest BCUT2D eigenvalue weighted by Gasteiger charge is -2.30. The van der Waals surface area contributed by atoms with E-state index in [4.69, 9.17) is 4.74 Å². The minimum atomic E-state index is -0.562. The maximum absolute atomic E-state index is 12.5. The van der Waals surface area contributed by atoms with E-state index in [1.54, 1.807) is 28.0 Å². The molecule has 158 valence electrons. The van der Waals surface area contributed by atoms with E-state index in [0.29, 0.717) is 30.8 Å². The van der Waals surface area contributed by atoms with Crippen molar-refractivity contribution in [3.05, 3.63) is 29.8 Å². The van der Waals surface area contributed by atoms with Gasteiger partial charge in [-0.25, -0.2) is 4.79 Å². The largest absolute Gasteiger partial charge is 0.444 e. The molecule has 0 unspecified atom stereocenters. The van der Waals surface area contributed by atoms with Crippen molar-refractivity contribution in [2.45, 2.75) is 51.8 Å². The molecule has 2 aliphatic heterocycles. The van der Waals surface area contributed by atoms with E-state index in [1.165, 1.54) is 6.92 Å². The smallest absolute Gasteiger partial charge is 0.410 e. The lowest BCUT2D eigenvalue weighted by atomic mass is 10.1. The van der Waals surface area contributed by atoms with Crippen LogP contribution in [0, 0.1) is 0 Å². The number of carbonyl (C=O) groups is 3. The van der Waals surface area contributed by atoms with Crippen LogP contribution in [0.5, 0.6) is 0 Å². The zero-order valence-corrected chi connectivity index (χ0v) is 17.5. The second-order valence-electron chi connectivity index (χ2n) is 8.64. The van der Waals surface area contributed by atoms with Gasteiger partial charge in [0.1, 0.15) is 5.60 Å². The van der Waals surface area contributed by atoms with Gasteiger partial charge in [0, 0.05) is 44.4 Å². The number of carbonyl (C=O) groups excluding carboxylic acids is 3. The first-order valence-corrected chi connectivity index (χ1v) is 10.0. The Hall–Kier alpha value is -2.61. The highest BCUT2D eigenvalue weighted by molar-refractivity contribution is 5.98. The van der Waals surface area contributed by atoms with Crippen LogP contribution in [0.1, 0.15) is 44.5 Å². The lowest BCUT2D eigenvalue weighted by Crippen LogP contribution is -2.56. The molecule has 0 aromatic heterocycles. The van der Waals surface area contributed by atoms with Crippen molar-refractivity contribution in [1.29, 1.82) is 0 Å². The van der Waals surface area contributed by atoms with Crippen LogP contribution in [0.4, 0.5) is 10.5 Å². The van der Waals surface area contributed by atoms with Crippen molar-refractivity contribution < 1.29 is 19.1 Å². The fourth-order valence-corrected chi connectivity index (χ4v) is 3.55. The van der Waals surface area contributed by atoms with Crippen LogP contribution in [0.3, 0.4) is 0 Å². The van der Waals surface area contributed by atoms with E-state index in [1.807, 2.05) is 26.8 Å². The summed E-state index contributed by atoms with van der Waals surface area (Å²) in [5, 5.41) is 6.08. The summed E-state index contributed by atoms with van der Waals surface area (Å²) in [4.78, 5) is 40.6. The molecule has 29 heavy (non-hydrogen) atoms. The predicted molar refractivity (Wildman–Crippen MR) is 110 cm³/mol. The molecule has 8 nitrogen and oxygen atoms in total. The number of nitrogens with one attached hydrogen (secondary N) is 2. The fourth-order valence-electron chi connectivity index (χ4n) is 3.55. The third-order valence-electron chi connectivity index (χ3n) is 5.02. The zero-order chi connectivity index (χ0) is 21.2. The first kappa shape index (κ1) is 21.1. The molecule has 0 spiro atoms. The average Bonchev–Trinajstić information content (AvgIpc) is 3.06. The van der Waals surface area contributed by atoms with Crippen molar-refractivity contribution in [2.75, 3.05) is 31.1 Å². The van der Waals surface area contributed by atoms with E-state index < -0.39 is 5.60 Å². The summed E-state index contributed by atoms with van der Waals surface area (Å²) in [7, 11) is 0. The molecule has 2 aliphatic rings. The Morgan fingerprint density at radius 1 is 1.24 bits per heavy atom. The number of amides is 3. The van der Waals surface area contributed by atoms with Gasteiger partial charge in [-0.15, -0.1) is 0 Å². The van der Waals surface area contributed by atoms with Crippen molar-refractivity contribution in [3.63, 3.8) is 0 Å². The zero-order valence-electron chi connectivity index (χ0n) is 17.5. The molecule has 3 rings (SSSR count). The fraction of sp³-hybridized carbons (Fsp3) is 0.571. The van der Waals surface area contributed by atoms with Gasteiger partial charge >= 0.3 is 6.09 Å². The quantitative estimate of drug-likeness (QED) is 0.801. The maximum atomic E-state index is 12.5. The minimum absolute atomic E-state index is 0.123. The topological polar surface area (TPSA) is 91.0 Å². The van der Waals surface area contributed by atoms with Crippen LogP contribution < -0.4 is 15.5 Å². The number of hydrogen-bond acceptors (Lipinski definition) is 5. The minimum Gasteiger partial charge on any atom is -0.444 e. The highest BCUT2D eigenvalue weighted by atomic mass is 16.6. The van der Waals surface area contributed by atoms with Crippen molar-refractivity contribution >= 4 is 23.6 Å². The molecule has 2 heterocycles. The van der Waals surface area contributed by atoms with Crippen LogP contribution in [0.2, 0.25) is 0 Å². The van der Waals surface area contributed by atoms with Crippen molar-refractivity contribution in [1.82, 2.24) is 15.5 Å². The molecule has 0 saturated carbocycles. The maximum Gasteiger partial charge on any atom is 0.410 e. The van der Waals surface area contributed by atoms with Crippen LogP contribution in [0.15, 0.2) is 24.3 Å². The number of rotatable bonds is 4. The van der Waals surface area contributed by atoms with Crippen LogP contribution in [-0.2, 0) is 9.53 Å². The summed E-state index contributed by atoms with van der Waals surface area (Å²) in [6, 6.07) is 7.06. The summed E-state index contributed by atoms with van der Waals surface area (Å²) in [6.45, 7) is 9.46. The molecule has 0 radical (unpaired) electrons. The molecule has 0 aliphatic carbocycles. The van der Waals surface area contributed by atoms with Gasteiger partial charge in [-0.3, -0.25) is 9.59 Å².